The molecule has 0 fully saturated rings. The lowest BCUT2D eigenvalue weighted by Gasteiger charge is -2.11. The normalized spacial score (nSPS) is 11.4. The Balaban J connectivity index is -0.00000102. The summed E-state index contributed by atoms with van der Waals surface area (Å²) in [5.41, 5.74) is 8.61. The monoisotopic (exact) mass is 495 g/mol. The van der Waals surface area contributed by atoms with Gasteiger partial charge in [0.1, 0.15) is 11.0 Å². The number of nitrogens with one attached hydrogen (secondary N) is 4. The summed E-state index contributed by atoms with van der Waals surface area (Å²) >= 11 is 0. The number of nitrogens with zero attached hydrogens (tertiary/aromatic N) is 2. The number of nitrogens with two attached hydrogens (primary N) is 1. The number of nitrogen functional groups attached to an aromatic ring is 1. The zero-order valence-corrected chi connectivity index (χ0v) is 19.3. The van der Waals surface area contributed by atoms with Gasteiger partial charge in [-0.2, -0.15) is 0 Å². The molecule has 1 heterocycles. The van der Waals surface area contributed by atoms with Crippen LogP contribution in [-0.2, 0) is 22.3 Å². The summed E-state index contributed by atoms with van der Waals surface area (Å²) in [5.74, 6) is -0.589. The van der Waals surface area contributed by atoms with Crippen LogP contribution < -0.4 is 15.8 Å². The molecule has 0 amide bonds. The highest BCUT2D eigenvalue weighted by Crippen LogP contribution is 2.21. The Bertz CT molecular complexity index is 1180. The first-order valence-electron chi connectivity index (χ1n) is 10.0. The minimum atomic E-state index is -1.44. The van der Waals surface area contributed by atoms with E-state index < -0.39 is 16.9 Å². The first-order chi connectivity index (χ1) is 15.9. The largest absolute Gasteiger partial charge is 0.419 e. The smallest absolute Gasteiger partial charge is 0.243 e. The molecule has 3 rings (SSSR count). The van der Waals surface area contributed by atoms with Gasteiger partial charge in [-0.25, -0.2) is 18.9 Å². The third-order valence-electron chi connectivity index (χ3n) is 4.53. The molecule has 1 aromatic heterocycles. The molecule has 1 unspecified atom stereocenters. The Morgan fingerprint density at radius 1 is 1.15 bits per heavy atom. The van der Waals surface area contributed by atoms with E-state index >= 15 is 0 Å². The van der Waals surface area contributed by atoms with E-state index in [1.165, 1.54) is 6.20 Å². The molecular weight excluding hydrogens is 458 g/mol. The van der Waals surface area contributed by atoms with Crippen LogP contribution in [0.5, 0.6) is 0 Å². The summed E-state index contributed by atoms with van der Waals surface area (Å²) in [4.78, 5) is 9.03. The maximum Gasteiger partial charge on any atom is 0.243 e. The predicted molar refractivity (Wildman–Crippen MR) is 142 cm³/mol. The van der Waals surface area contributed by atoms with E-state index in [1.54, 1.807) is 36.4 Å². The molecule has 0 radical (unpaired) electrons. The van der Waals surface area contributed by atoms with Crippen LogP contribution in [0.2, 0.25) is 0 Å². The maximum absolute atomic E-state index is 12.1. The number of ether oxygens (including phenoxy) is 1. The summed E-state index contributed by atoms with van der Waals surface area (Å²) in [5, 5.41) is 28.3. The fourth-order valence-electron chi connectivity index (χ4n) is 2.86. The molecule has 1 atom stereocenters. The Hall–Kier alpha value is -3.55. The third-order valence-corrected chi connectivity index (χ3v) is 5.69. The number of aromatic nitrogens is 2. The fraction of sp³-hybridized carbons (Fsp3) is 0.182. The molecule has 0 aliphatic rings. The van der Waals surface area contributed by atoms with E-state index in [-0.39, 0.29) is 43.2 Å². The van der Waals surface area contributed by atoms with Crippen molar-refractivity contribution in [3.05, 3.63) is 71.5 Å². The number of aliphatic hydroxyl groups excluding tert-OH is 1. The number of rotatable bonds is 9. The third kappa shape index (κ3) is 6.73. The zero-order chi connectivity index (χ0) is 23.8. The van der Waals surface area contributed by atoms with Gasteiger partial charge in [0.25, 0.3) is 0 Å². The lowest BCUT2D eigenvalue weighted by molar-refractivity contribution is 0.302. The lowest BCUT2D eigenvalue weighted by atomic mass is 10.1. The van der Waals surface area contributed by atoms with Crippen LogP contribution in [0.3, 0.4) is 0 Å². The summed E-state index contributed by atoms with van der Waals surface area (Å²) in [7, 11) is 0.414. The van der Waals surface area contributed by atoms with Crippen molar-refractivity contribution in [1.82, 2.24) is 20.0 Å². The molecule has 11 nitrogen and oxygen atoms in total. The van der Waals surface area contributed by atoms with Crippen LogP contribution in [0.15, 0.2) is 59.6 Å². The van der Waals surface area contributed by atoms with Gasteiger partial charge < -0.3 is 26.4 Å². The molecule has 9 N–H and O–H groups in total. The van der Waals surface area contributed by atoms with Crippen molar-refractivity contribution in [2.45, 2.75) is 11.4 Å². The van der Waals surface area contributed by atoms with Crippen molar-refractivity contribution in [3.63, 3.8) is 0 Å². The van der Waals surface area contributed by atoms with Crippen LogP contribution in [0.4, 0.5) is 5.82 Å². The summed E-state index contributed by atoms with van der Waals surface area (Å²) in [6, 6.07) is 14.0. The Kier molecular flexibility index (Phi) is 9.92. The zero-order valence-electron chi connectivity index (χ0n) is 18.5. The maximum atomic E-state index is 12.1. The summed E-state index contributed by atoms with van der Waals surface area (Å²) < 4.78 is 20.2. The standard InChI is InChI=1S/C22H25N7O3S.H2O.5H2/c1-26-12-14-2-4-16(5-3-14)21(24)32-22(25)19-20(23)27-13-18(29-19)15-6-8-17(9-7-15)33(31)28-10-11-30;;;;;;/h2-9,13,24-26,28,30H,10-12H2,1H3,(H2,23,27);1H2;5*1H. The number of anilines is 1. The topological polar surface area (TPSA) is 202 Å². The van der Waals surface area contributed by atoms with Gasteiger partial charge in [0.2, 0.25) is 11.8 Å². The lowest BCUT2D eigenvalue weighted by Crippen LogP contribution is -2.20. The van der Waals surface area contributed by atoms with Gasteiger partial charge in [0.05, 0.1) is 23.4 Å². The van der Waals surface area contributed by atoms with Crippen molar-refractivity contribution >= 4 is 28.6 Å². The molecule has 0 aliphatic carbocycles. The predicted octanol–water partition coefficient (Wildman–Crippen LogP) is 1.82. The van der Waals surface area contributed by atoms with E-state index in [1.807, 2.05) is 19.2 Å². The first-order valence-corrected chi connectivity index (χ1v) is 11.2. The molecule has 190 valence electrons. The van der Waals surface area contributed by atoms with Gasteiger partial charge in [-0.15, -0.1) is 0 Å². The van der Waals surface area contributed by atoms with Gasteiger partial charge in [-0.3, -0.25) is 10.8 Å². The molecule has 0 spiro atoms. The molecule has 0 bridgehead atoms. The molecule has 0 saturated carbocycles. The van der Waals surface area contributed by atoms with Crippen molar-refractivity contribution < 1.29 is 26.7 Å². The second-order valence-electron chi connectivity index (χ2n) is 6.89. The SMILES string of the molecule is CNCc1ccc(C(=N)OC(=N)c2nc(-c3ccc(S(=O)NCCO)cc3)cnc2N)cc1.O.[HH].[HH].[HH].[HH].[HH]. The van der Waals surface area contributed by atoms with Crippen molar-refractivity contribution in [1.29, 1.82) is 10.8 Å². The average molecular weight is 496 g/mol. The minimum Gasteiger partial charge on any atom is -0.419 e. The van der Waals surface area contributed by atoms with Gasteiger partial charge in [-0.05, 0) is 36.9 Å². The van der Waals surface area contributed by atoms with Crippen molar-refractivity contribution in [2.24, 2.45) is 0 Å². The molecule has 34 heavy (non-hydrogen) atoms. The van der Waals surface area contributed by atoms with Gasteiger partial charge in [0, 0.05) is 31.3 Å². The molecule has 2 aromatic carbocycles. The van der Waals surface area contributed by atoms with Gasteiger partial charge >= 0.3 is 0 Å². The van der Waals surface area contributed by atoms with E-state index in [0.717, 1.165) is 5.56 Å². The number of aliphatic hydroxyl groups is 1. The van der Waals surface area contributed by atoms with Crippen molar-refractivity contribution in [3.8, 4) is 11.3 Å². The number of benzene rings is 2. The van der Waals surface area contributed by atoms with Gasteiger partial charge in [-0.1, -0.05) is 24.3 Å². The van der Waals surface area contributed by atoms with Crippen LogP contribution in [-0.4, -0.2) is 56.8 Å². The number of hydrogen-bond donors (Lipinski definition) is 6. The van der Waals surface area contributed by atoms with Crippen LogP contribution in [0, 0.1) is 10.8 Å². The molecule has 3 aromatic rings. The Morgan fingerprint density at radius 3 is 2.44 bits per heavy atom. The van der Waals surface area contributed by atoms with E-state index in [0.29, 0.717) is 28.3 Å². The fourth-order valence-corrected chi connectivity index (χ4v) is 3.69. The quantitative estimate of drug-likeness (QED) is 0.192. The second kappa shape index (κ2) is 12.6. The van der Waals surface area contributed by atoms with Crippen LogP contribution in [0.25, 0.3) is 11.3 Å². The summed E-state index contributed by atoms with van der Waals surface area (Å²) in [6.45, 7) is 0.818. The minimum absolute atomic E-state index is 0. The molecule has 0 aliphatic heterocycles. The Labute approximate surface area is 206 Å². The molecule has 12 heteroatoms. The molecule has 0 saturated heterocycles. The second-order valence-corrected chi connectivity index (χ2v) is 8.19. The van der Waals surface area contributed by atoms with E-state index in [9.17, 15) is 4.21 Å². The van der Waals surface area contributed by atoms with Crippen LogP contribution >= 0.6 is 0 Å². The number of hydrogen-bond acceptors (Lipinski definition) is 9. The van der Waals surface area contributed by atoms with Crippen LogP contribution in [0.1, 0.15) is 24.0 Å². The molecular formula is C22H37N7O4S. The van der Waals surface area contributed by atoms with E-state index in [4.69, 9.17) is 26.4 Å². The highest BCUT2D eigenvalue weighted by atomic mass is 32.2. The average Bonchev–Trinajstić information content (AvgIpc) is 2.83. The van der Waals surface area contributed by atoms with E-state index in [2.05, 4.69) is 20.0 Å². The first kappa shape index (κ1) is 26.7. The van der Waals surface area contributed by atoms with Gasteiger partial charge in [0.15, 0.2) is 11.5 Å². The highest BCUT2D eigenvalue weighted by molar-refractivity contribution is 7.83. The summed E-state index contributed by atoms with van der Waals surface area (Å²) in [6.07, 6.45) is 1.47. The highest BCUT2D eigenvalue weighted by Gasteiger charge is 2.16. The van der Waals surface area contributed by atoms with Crippen molar-refractivity contribution in [2.75, 3.05) is 25.9 Å². The Morgan fingerprint density at radius 2 is 1.82 bits per heavy atom.